The third kappa shape index (κ3) is 2.38. The van der Waals surface area contributed by atoms with Crippen molar-refractivity contribution >= 4 is 16.7 Å². The minimum absolute atomic E-state index is 0.510. The number of fused-ring (bicyclic) bond motifs is 3. The van der Waals surface area contributed by atoms with Crippen LogP contribution in [0.25, 0.3) is 27.9 Å². The summed E-state index contributed by atoms with van der Waals surface area (Å²) in [7, 11) is 1.70. The molecule has 5 nitrogen and oxygen atoms in total. The summed E-state index contributed by atoms with van der Waals surface area (Å²) in [6.07, 6.45) is 10.2. The van der Waals surface area contributed by atoms with E-state index in [2.05, 4.69) is 26.5 Å². The Morgan fingerprint density at radius 2 is 2.00 bits per heavy atom. The van der Waals surface area contributed by atoms with Crippen LogP contribution < -0.4 is 4.74 Å². The number of nitrogens with zero attached hydrogens (tertiary/aromatic N) is 3. The minimum Gasteiger partial charge on any atom is -0.497 e. The van der Waals surface area contributed by atoms with Gasteiger partial charge < -0.3 is 9.72 Å². The summed E-state index contributed by atoms with van der Waals surface area (Å²) in [6, 6.07) is 10.2. The van der Waals surface area contributed by atoms with Crippen molar-refractivity contribution in [2.24, 2.45) is 0 Å². The number of ether oxygens (including phenoxy) is 1. The van der Waals surface area contributed by atoms with E-state index in [1.54, 1.807) is 7.11 Å². The van der Waals surface area contributed by atoms with Gasteiger partial charge >= 0.3 is 0 Å². The van der Waals surface area contributed by atoms with E-state index < -0.39 is 0 Å². The summed E-state index contributed by atoms with van der Waals surface area (Å²) in [5.74, 6) is 2.53. The SMILES string of the molecule is COc1cccc(-c2nc(C3CCCCC3)n3c2cnc2[nH]ccc23)c1. The maximum Gasteiger partial charge on any atom is 0.154 e. The van der Waals surface area contributed by atoms with Crippen molar-refractivity contribution in [3.8, 4) is 17.0 Å². The topological polar surface area (TPSA) is 55.2 Å². The largest absolute Gasteiger partial charge is 0.497 e. The predicted molar refractivity (Wildman–Crippen MR) is 103 cm³/mol. The first-order valence-electron chi connectivity index (χ1n) is 9.34. The number of methoxy groups -OCH3 is 1. The molecule has 5 rings (SSSR count). The fourth-order valence-corrected chi connectivity index (χ4v) is 4.20. The maximum absolute atomic E-state index is 5.41. The van der Waals surface area contributed by atoms with Gasteiger partial charge in [-0.05, 0) is 31.0 Å². The monoisotopic (exact) mass is 346 g/mol. The number of hydrogen-bond donors (Lipinski definition) is 1. The van der Waals surface area contributed by atoms with Crippen LogP contribution in [0.4, 0.5) is 0 Å². The van der Waals surface area contributed by atoms with Crippen molar-refractivity contribution in [2.75, 3.05) is 7.11 Å². The Kier molecular flexibility index (Phi) is 3.66. The van der Waals surface area contributed by atoms with Gasteiger partial charge in [0.2, 0.25) is 0 Å². The average molecular weight is 346 g/mol. The van der Waals surface area contributed by atoms with E-state index in [4.69, 9.17) is 9.72 Å². The van der Waals surface area contributed by atoms with Crippen LogP contribution in [0.5, 0.6) is 5.75 Å². The Morgan fingerprint density at radius 3 is 2.85 bits per heavy atom. The molecule has 0 aliphatic heterocycles. The minimum atomic E-state index is 0.510. The van der Waals surface area contributed by atoms with Crippen LogP contribution in [-0.2, 0) is 0 Å². The molecule has 1 aromatic carbocycles. The zero-order valence-corrected chi connectivity index (χ0v) is 14.9. The predicted octanol–water partition coefficient (Wildman–Crippen LogP) is 4.93. The van der Waals surface area contributed by atoms with Crippen LogP contribution in [0.2, 0.25) is 0 Å². The molecule has 1 N–H and O–H groups in total. The summed E-state index contributed by atoms with van der Waals surface area (Å²) in [4.78, 5) is 13.0. The Bertz CT molecular complexity index is 1070. The van der Waals surface area contributed by atoms with Crippen molar-refractivity contribution in [1.29, 1.82) is 0 Å². The molecule has 5 heteroatoms. The number of nitrogens with one attached hydrogen (secondary N) is 1. The quantitative estimate of drug-likeness (QED) is 0.572. The summed E-state index contributed by atoms with van der Waals surface area (Å²) < 4.78 is 7.72. The Labute approximate surface area is 152 Å². The molecule has 4 aromatic rings. The molecule has 0 atom stereocenters. The maximum atomic E-state index is 5.41. The lowest BCUT2D eigenvalue weighted by atomic mass is 9.89. The molecule has 0 unspecified atom stereocenters. The fraction of sp³-hybridized carbons (Fsp3) is 0.333. The molecule has 1 saturated carbocycles. The first kappa shape index (κ1) is 15.4. The van der Waals surface area contributed by atoms with Gasteiger partial charge in [-0.3, -0.25) is 4.40 Å². The third-order valence-electron chi connectivity index (χ3n) is 5.51. The Hall–Kier alpha value is -2.82. The van der Waals surface area contributed by atoms with Gasteiger partial charge in [-0.2, -0.15) is 0 Å². The smallest absolute Gasteiger partial charge is 0.154 e. The first-order chi connectivity index (χ1) is 12.8. The number of aromatic nitrogens is 4. The molecule has 0 saturated heterocycles. The number of aromatic amines is 1. The zero-order chi connectivity index (χ0) is 17.5. The van der Waals surface area contributed by atoms with Gasteiger partial charge in [-0.15, -0.1) is 0 Å². The number of benzene rings is 1. The van der Waals surface area contributed by atoms with Crippen molar-refractivity contribution in [2.45, 2.75) is 38.0 Å². The molecule has 0 bridgehead atoms. The third-order valence-corrected chi connectivity index (χ3v) is 5.51. The number of H-pyrrole nitrogens is 1. The second kappa shape index (κ2) is 6.16. The molecule has 1 aliphatic rings. The molecule has 3 heterocycles. The summed E-state index contributed by atoms with van der Waals surface area (Å²) in [5, 5.41) is 0. The van der Waals surface area contributed by atoms with E-state index in [1.165, 1.54) is 37.9 Å². The second-order valence-corrected chi connectivity index (χ2v) is 7.08. The summed E-state index contributed by atoms with van der Waals surface area (Å²) >= 11 is 0. The standard InChI is InChI=1S/C21H22N4O/c1-26-16-9-5-8-15(12-16)19-18-13-23-20-17(10-11-22-20)25(18)21(24-19)14-6-3-2-4-7-14/h5,8-14,22H,2-4,6-7H2,1H3. The highest BCUT2D eigenvalue weighted by molar-refractivity contribution is 5.84. The van der Waals surface area contributed by atoms with E-state index in [0.717, 1.165) is 33.7 Å². The lowest BCUT2D eigenvalue weighted by molar-refractivity contribution is 0.415. The highest BCUT2D eigenvalue weighted by Gasteiger charge is 2.24. The number of hydrogen-bond acceptors (Lipinski definition) is 3. The van der Waals surface area contributed by atoms with Gasteiger partial charge in [-0.1, -0.05) is 31.4 Å². The van der Waals surface area contributed by atoms with Crippen molar-refractivity contribution in [1.82, 2.24) is 19.4 Å². The van der Waals surface area contributed by atoms with Crippen LogP contribution >= 0.6 is 0 Å². The number of imidazole rings is 1. The molecular weight excluding hydrogens is 324 g/mol. The van der Waals surface area contributed by atoms with Gasteiger partial charge in [0.25, 0.3) is 0 Å². The molecule has 1 aliphatic carbocycles. The van der Waals surface area contributed by atoms with E-state index >= 15 is 0 Å². The van der Waals surface area contributed by atoms with Crippen molar-refractivity contribution in [3.05, 3.63) is 48.5 Å². The highest BCUT2D eigenvalue weighted by atomic mass is 16.5. The first-order valence-corrected chi connectivity index (χ1v) is 9.34. The molecule has 3 aromatic heterocycles. The summed E-state index contributed by atoms with van der Waals surface area (Å²) in [5.41, 5.74) is 5.13. The van der Waals surface area contributed by atoms with E-state index in [1.807, 2.05) is 30.6 Å². The van der Waals surface area contributed by atoms with Crippen molar-refractivity contribution < 1.29 is 4.74 Å². The molecule has 26 heavy (non-hydrogen) atoms. The van der Waals surface area contributed by atoms with Gasteiger partial charge in [0.15, 0.2) is 5.65 Å². The highest BCUT2D eigenvalue weighted by Crippen LogP contribution is 2.37. The lowest BCUT2D eigenvalue weighted by Crippen LogP contribution is -2.09. The fourth-order valence-electron chi connectivity index (χ4n) is 4.20. The van der Waals surface area contributed by atoms with E-state index in [0.29, 0.717) is 5.92 Å². The summed E-state index contributed by atoms with van der Waals surface area (Å²) in [6.45, 7) is 0. The van der Waals surface area contributed by atoms with Crippen LogP contribution in [0.1, 0.15) is 43.8 Å². The van der Waals surface area contributed by atoms with Gasteiger partial charge in [0.05, 0.1) is 30.0 Å². The van der Waals surface area contributed by atoms with Gasteiger partial charge in [-0.25, -0.2) is 9.97 Å². The normalized spacial score (nSPS) is 15.7. The molecular formula is C21H22N4O. The van der Waals surface area contributed by atoms with Crippen LogP contribution in [-0.4, -0.2) is 26.5 Å². The molecule has 132 valence electrons. The second-order valence-electron chi connectivity index (χ2n) is 7.08. The zero-order valence-electron chi connectivity index (χ0n) is 14.9. The van der Waals surface area contributed by atoms with Crippen LogP contribution in [0, 0.1) is 0 Å². The van der Waals surface area contributed by atoms with E-state index in [-0.39, 0.29) is 0 Å². The van der Waals surface area contributed by atoms with Crippen LogP contribution in [0.15, 0.2) is 42.7 Å². The Balaban J connectivity index is 1.78. The molecule has 0 spiro atoms. The molecule has 1 fully saturated rings. The van der Waals surface area contributed by atoms with Gasteiger partial charge in [0.1, 0.15) is 11.6 Å². The Morgan fingerprint density at radius 1 is 1.12 bits per heavy atom. The lowest BCUT2D eigenvalue weighted by Gasteiger charge is -2.20. The average Bonchev–Trinajstić information content (AvgIpc) is 3.33. The molecule has 0 radical (unpaired) electrons. The van der Waals surface area contributed by atoms with Gasteiger partial charge in [0, 0.05) is 17.7 Å². The van der Waals surface area contributed by atoms with Crippen molar-refractivity contribution in [3.63, 3.8) is 0 Å². The van der Waals surface area contributed by atoms with Crippen LogP contribution in [0.3, 0.4) is 0 Å². The number of rotatable bonds is 3. The van der Waals surface area contributed by atoms with E-state index in [9.17, 15) is 0 Å². The molecule has 0 amide bonds.